The maximum atomic E-state index is 13.9. The third kappa shape index (κ3) is 3.34. The molecule has 2 aromatic rings. The minimum atomic E-state index is -3.76. The van der Waals surface area contributed by atoms with Gasteiger partial charge in [-0.05, 0) is 32.0 Å². The van der Waals surface area contributed by atoms with Gasteiger partial charge in [0.2, 0.25) is 10.0 Å². The van der Waals surface area contributed by atoms with Gasteiger partial charge < -0.3 is 9.42 Å². The van der Waals surface area contributed by atoms with Crippen LogP contribution in [-0.4, -0.2) is 54.9 Å². The number of sulfonamides is 1. The molecule has 1 aromatic heterocycles. The van der Waals surface area contributed by atoms with Gasteiger partial charge in [-0.15, -0.1) is 0 Å². The van der Waals surface area contributed by atoms with Crippen molar-refractivity contribution < 1.29 is 22.1 Å². The second-order valence-corrected chi connectivity index (χ2v) is 8.28. The third-order valence-electron chi connectivity index (χ3n) is 4.25. The van der Waals surface area contributed by atoms with Crippen molar-refractivity contribution in [3.8, 4) is 0 Å². The summed E-state index contributed by atoms with van der Waals surface area (Å²) in [6.45, 7) is 3.62. The third-order valence-corrected chi connectivity index (χ3v) is 6.63. The summed E-state index contributed by atoms with van der Waals surface area (Å²) < 4.78 is 45.7. The highest BCUT2D eigenvalue weighted by Gasteiger charge is 2.34. The molecule has 0 bridgehead atoms. The van der Waals surface area contributed by atoms with Gasteiger partial charge in [0, 0.05) is 31.2 Å². The molecular formula is C16H17ClFN3O4S. The van der Waals surface area contributed by atoms with E-state index in [1.807, 2.05) is 0 Å². The maximum absolute atomic E-state index is 13.9. The summed E-state index contributed by atoms with van der Waals surface area (Å²) in [5.74, 6) is -0.967. The van der Waals surface area contributed by atoms with Crippen LogP contribution in [-0.2, 0) is 10.0 Å². The van der Waals surface area contributed by atoms with Crippen molar-refractivity contribution >= 4 is 27.5 Å². The molecule has 0 spiro atoms. The van der Waals surface area contributed by atoms with Gasteiger partial charge in [0.25, 0.3) is 5.91 Å². The molecule has 10 heteroatoms. The van der Waals surface area contributed by atoms with Gasteiger partial charge in [-0.3, -0.25) is 4.79 Å². The topological polar surface area (TPSA) is 83.7 Å². The van der Waals surface area contributed by atoms with E-state index in [1.165, 1.54) is 28.3 Å². The number of carbonyl (C=O) groups excluding carboxylic acids is 1. The molecule has 0 radical (unpaired) electrons. The van der Waals surface area contributed by atoms with E-state index in [4.69, 9.17) is 16.1 Å². The zero-order chi connectivity index (χ0) is 19.1. The van der Waals surface area contributed by atoms with Crippen molar-refractivity contribution in [1.82, 2.24) is 14.4 Å². The Labute approximate surface area is 155 Å². The van der Waals surface area contributed by atoms with Crippen molar-refractivity contribution in [2.75, 3.05) is 26.2 Å². The van der Waals surface area contributed by atoms with Gasteiger partial charge in [0.1, 0.15) is 16.4 Å². The quantitative estimate of drug-likeness (QED) is 0.787. The number of hydrogen-bond donors (Lipinski definition) is 0. The van der Waals surface area contributed by atoms with Crippen molar-refractivity contribution in [2.24, 2.45) is 0 Å². The highest BCUT2D eigenvalue weighted by atomic mass is 35.5. The fourth-order valence-corrected chi connectivity index (χ4v) is 4.81. The summed E-state index contributed by atoms with van der Waals surface area (Å²) in [5, 5.41) is 3.88. The fraction of sp³-hybridized carbons (Fsp3) is 0.375. The lowest BCUT2D eigenvalue weighted by Crippen LogP contribution is -2.50. The van der Waals surface area contributed by atoms with Crippen LogP contribution >= 0.6 is 11.6 Å². The largest absolute Gasteiger partial charge is 0.360 e. The molecule has 26 heavy (non-hydrogen) atoms. The number of piperazine rings is 1. The van der Waals surface area contributed by atoms with E-state index in [1.54, 1.807) is 6.92 Å². The Hall–Kier alpha value is -1.97. The van der Waals surface area contributed by atoms with Crippen LogP contribution < -0.4 is 0 Å². The summed E-state index contributed by atoms with van der Waals surface area (Å²) in [6.07, 6.45) is 0. The minimum absolute atomic E-state index is 0.0565. The van der Waals surface area contributed by atoms with Crippen LogP contribution in [0.25, 0.3) is 0 Å². The average Bonchev–Trinajstić information content (AvgIpc) is 2.93. The van der Waals surface area contributed by atoms with Gasteiger partial charge in [-0.2, -0.15) is 4.31 Å². The van der Waals surface area contributed by atoms with Crippen LogP contribution in [0.1, 0.15) is 21.8 Å². The molecule has 0 saturated carbocycles. The zero-order valence-electron chi connectivity index (χ0n) is 14.2. The first-order valence-electron chi connectivity index (χ1n) is 7.89. The van der Waals surface area contributed by atoms with Crippen molar-refractivity contribution in [3.63, 3.8) is 0 Å². The standard InChI is InChI=1S/C16H17ClFN3O4S/c1-10-15(11(2)25-19-10)26(23,24)21-7-5-20(6-8-21)16(22)13-4-3-12(17)9-14(13)18/h3-4,9H,5-8H2,1-2H3. The molecule has 140 valence electrons. The summed E-state index contributed by atoms with van der Waals surface area (Å²) >= 11 is 5.70. The normalized spacial score (nSPS) is 16.1. The molecule has 1 amide bonds. The lowest BCUT2D eigenvalue weighted by Gasteiger charge is -2.34. The van der Waals surface area contributed by atoms with E-state index in [0.29, 0.717) is 5.69 Å². The molecule has 3 rings (SSSR count). The lowest BCUT2D eigenvalue weighted by atomic mass is 10.1. The number of halogens is 2. The summed E-state index contributed by atoms with van der Waals surface area (Å²) in [7, 11) is -3.76. The van der Waals surface area contributed by atoms with Crippen LogP contribution in [0.15, 0.2) is 27.6 Å². The molecule has 1 aromatic carbocycles. The van der Waals surface area contributed by atoms with E-state index in [2.05, 4.69) is 5.16 Å². The Balaban J connectivity index is 1.74. The summed E-state index contributed by atoms with van der Waals surface area (Å²) in [5.41, 5.74) is 0.209. The second-order valence-electron chi connectivity index (χ2n) is 5.97. The number of benzene rings is 1. The molecule has 0 unspecified atom stereocenters. The SMILES string of the molecule is Cc1noc(C)c1S(=O)(=O)N1CCN(C(=O)c2ccc(Cl)cc2F)CC1. The predicted octanol–water partition coefficient (Wildman–Crippen LogP) is 2.23. The Morgan fingerprint density at radius 3 is 2.42 bits per heavy atom. The Morgan fingerprint density at radius 2 is 1.88 bits per heavy atom. The first-order chi connectivity index (χ1) is 12.2. The predicted molar refractivity (Wildman–Crippen MR) is 92.0 cm³/mol. The highest BCUT2D eigenvalue weighted by molar-refractivity contribution is 7.89. The number of aryl methyl sites for hydroxylation is 2. The van der Waals surface area contributed by atoms with E-state index < -0.39 is 21.7 Å². The molecule has 1 saturated heterocycles. The zero-order valence-corrected chi connectivity index (χ0v) is 15.8. The van der Waals surface area contributed by atoms with Gasteiger partial charge in [0.05, 0.1) is 5.56 Å². The molecule has 0 aliphatic carbocycles. The van der Waals surface area contributed by atoms with Gasteiger partial charge in [0.15, 0.2) is 5.76 Å². The lowest BCUT2D eigenvalue weighted by molar-refractivity contribution is 0.0693. The summed E-state index contributed by atoms with van der Waals surface area (Å²) in [6, 6.07) is 3.84. The molecule has 1 aliphatic heterocycles. The van der Waals surface area contributed by atoms with Crippen LogP contribution in [0, 0.1) is 19.7 Å². The average molecular weight is 402 g/mol. The fourth-order valence-electron chi connectivity index (χ4n) is 2.94. The van der Waals surface area contributed by atoms with Crippen molar-refractivity contribution in [3.05, 3.63) is 46.1 Å². The molecule has 1 fully saturated rings. The number of carbonyl (C=O) groups is 1. The van der Waals surface area contributed by atoms with Gasteiger partial charge >= 0.3 is 0 Å². The van der Waals surface area contributed by atoms with E-state index in [0.717, 1.165) is 6.07 Å². The van der Waals surface area contributed by atoms with Crippen molar-refractivity contribution in [1.29, 1.82) is 0 Å². The first-order valence-corrected chi connectivity index (χ1v) is 9.71. The molecule has 0 N–H and O–H groups in total. The summed E-state index contributed by atoms with van der Waals surface area (Å²) in [4.78, 5) is 14.0. The Bertz CT molecular complexity index is 933. The monoisotopic (exact) mass is 401 g/mol. The Morgan fingerprint density at radius 1 is 1.23 bits per heavy atom. The first kappa shape index (κ1) is 18.8. The van der Waals surface area contributed by atoms with Crippen molar-refractivity contribution in [2.45, 2.75) is 18.7 Å². The second kappa shape index (κ2) is 6.98. The van der Waals surface area contributed by atoms with E-state index in [-0.39, 0.29) is 47.4 Å². The van der Waals surface area contributed by atoms with Gasteiger partial charge in [-0.1, -0.05) is 16.8 Å². The van der Waals surface area contributed by atoms with Crippen LogP contribution in [0.5, 0.6) is 0 Å². The van der Waals surface area contributed by atoms with Crippen LogP contribution in [0.3, 0.4) is 0 Å². The van der Waals surface area contributed by atoms with E-state index in [9.17, 15) is 17.6 Å². The molecule has 0 atom stereocenters. The smallest absolute Gasteiger partial charge is 0.256 e. The van der Waals surface area contributed by atoms with Gasteiger partial charge in [-0.25, -0.2) is 12.8 Å². The molecular weight excluding hydrogens is 385 g/mol. The van der Waals surface area contributed by atoms with Crippen LogP contribution in [0.2, 0.25) is 5.02 Å². The molecule has 2 heterocycles. The number of hydrogen-bond acceptors (Lipinski definition) is 5. The number of aromatic nitrogens is 1. The highest BCUT2D eigenvalue weighted by Crippen LogP contribution is 2.25. The number of nitrogens with zero attached hydrogens (tertiary/aromatic N) is 3. The number of rotatable bonds is 3. The Kier molecular flexibility index (Phi) is 5.05. The van der Waals surface area contributed by atoms with Crippen LogP contribution in [0.4, 0.5) is 4.39 Å². The maximum Gasteiger partial charge on any atom is 0.256 e. The minimum Gasteiger partial charge on any atom is -0.360 e. The van der Waals surface area contributed by atoms with E-state index >= 15 is 0 Å². The molecule has 7 nitrogen and oxygen atoms in total. The molecule has 1 aliphatic rings. The number of amides is 1.